The highest BCUT2D eigenvalue weighted by molar-refractivity contribution is 5.79. The van der Waals surface area contributed by atoms with Gasteiger partial charge in [-0.3, -0.25) is 9.98 Å². The van der Waals surface area contributed by atoms with Gasteiger partial charge in [0, 0.05) is 19.8 Å². The van der Waals surface area contributed by atoms with Gasteiger partial charge in [0.05, 0.1) is 12.2 Å². The summed E-state index contributed by atoms with van der Waals surface area (Å²) in [4.78, 5) is 8.45. The zero-order chi connectivity index (χ0) is 19.0. The predicted octanol–water partition coefficient (Wildman–Crippen LogP) is 3.20. The zero-order valence-corrected chi connectivity index (χ0v) is 14.6. The molecule has 1 heterocycles. The van der Waals surface area contributed by atoms with Gasteiger partial charge in [0.2, 0.25) is 0 Å². The van der Waals surface area contributed by atoms with E-state index in [0.29, 0.717) is 19.0 Å². The maximum Gasteiger partial charge on any atom is 0.422 e. The van der Waals surface area contributed by atoms with Gasteiger partial charge < -0.3 is 15.4 Å². The Balaban J connectivity index is 1.82. The molecule has 1 aromatic heterocycles. The number of benzene rings is 1. The third-order valence-electron chi connectivity index (χ3n) is 3.55. The van der Waals surface area contributed by atoms with Gasteiger partial charge in [-0.15, -0.1) is 0 Å². The van der Waals surface area contributed by atoms with Crippen molar-refractivity contribution in [1.29, 1.82) is 0 Å². The maximum absolute atomic E-state index is 12.1. The number of nitrogens with one attached hydrogen (secondary N) is 2. The molecule has 0 amide bonds. The van der Waals surface area contributed by atoms with E-state index < -0.39 is 12.8 Å². The highest BCUT2D eigenvalue weighted by Crippen LogP contribution is 2.18. The Hall–Kier alpha value is -2.77. The van der Waals surface area contributed by atoms with Crippen LogP contribution in [0.3, 0.4) is 0 Å². The summed E-state index contributed by atoms with van der Waals surface area (Å²) in [5, 5.41) is 6.31. The number of hydrogen-bond donors (Lipinski definition) is 2. The molecular formula is C18H21F3N4O. The van der Waals surface area contributed by atoms with Crippen molar-refractivity contribution in [2.45, 2.75) is 26.2 Å². The zero-order valence-electron chi connectivity index (χ0n) is 14.6. The summed E-state index contributed by atoms with van der Waals surface area (Å²) in [6.45, 7) is 1.70. The van der Waals surface area contributed by atoms with Crippen molar-refractivity contribution in [3.8, 4) is 5.75 Å². The lowest BCUT2D eigenvalue weighted by molar-refractivity contribution is -0.153. The molecule has 0 radical (unpaired) electrons. The number of alkyl halides is 3. The van der Waals surface area contributed by atoms with E-state index in [4.69, 9.17) is 0 Å². The molecule has 140 valence electrons. The van der Waals surface area contributed by atoms with Gasteiger partial charge in [-0.1, -0.05) is 18.2 Å². The van der Waals surface area contributed by atoms with Crippen LogP contribution in [0.4, 0.5) is 13.2 Å². The number of rotatable bonds is 6. The summed E-state index contributed by atoms with van der Waals surface area (Å²) in [5.41, 5.74) is 2.91. The van der Waals surface area contributed by atoms with Gasteiger partial charge in [0.15, 0.2) is 12.6 Å². The lowest BCUT2D eigenvalue weighted by Crippen LogP contribution is -2.36. The molecule has 5 nitrogen and oxygen atoms in total. The molecule has 8 heteroatoms. The molecule has 2 rings (SSSR count). The normalized spacial score (nSPS) is 12.0. The molecule has 0 atom stereocenters. The Morgan fingerprint density at radius 1 is 1.12 bits per heavy atom. The first-order valence-corrected chi connectivity index (χ1v) is 8.01. The van der Waals surface area contributed by atoms with Crippen molar-refractivity contribution in [2.24, 2.45) is 4.99 Å². The summed E-state index contributed by atoms with van der Waals surface area (Å²) in [7, 11) is 1.66. The van der Waals surface area contributed by atoms with Crippen LogP contribution in [0.25, 0.3) is 0 Å². The van der Waals surface area contributed by atoms with Gasteiger partial charge in [-0.25, -0.2) is 0 Å². The molecule has 26 heavy (non-hydrogen) atoms. The van der Waals surface area contributed by atoms with E-state index >= 15 is 0 Å². The number of hydrogen-bond acceptors (Lipinski definition) is 3. The fourth-order valence-corrected chi connectivity index (χ4v) is 2.15. The summed E-state index contributed by atoms with van der Waals surface area (Å²) >= 11 is 0. The van der Waals surface area contributed by atoms with Gasteiger partial charge in [0.25, 0.3) is 0 Å². The molecule has 2 aromatic rings. The minimum absolute atomic E-state index is 0.180. The maximum atomic E-state index is 12.1. The van der Waals surface area contributed by atoms with Gasteiger partial charge in [-0.05, 0) is 36.2 Å². The van der Waals surface area contributed by atoms with Gasteiger partial charge >= 0.3 is 6.18 Å². The lowest BCUT2D eigenvalue weighted by atomic mass is 10.2. The SMILES string of the molecule is CN=C(NCc1ccc(OCC(F)(F)F)cc1)NCc1ncccc1C. The average Bonchev–Trinajstić information content (AvgIpc) is 2.62. The van der Waals surface area contributed by atoms with Crippen LogP contribution < -0.4 is 15.4 Å². The monoisotopic (exact) mass is 366 g/mol. The molecule has 0 aliphatic rings. The second-order valence-corrected chi connectivity index (χ2v) is 5.59. The van der Waals surface area contributed by atoms with Crippen molar-refractivity contribution >= 4 is 5.96 Å². The number of nitrogens with zero attached hydrogens (tertiary/aromatic N) is 2. The van der Waals surface area contributed by atoms with Crippen LogP contribution in [-0.4, -0.2) is 30.8 Å². The second kappa shape index (κ2) is 9.07. The predicted molar refractivity (Wildman–Crippen MR) is 94.0 cm³/mol. The number of ether oxygens (including phenoxy) is 1. The Morgan fingerprint density at radius 2 is 1.81 bits per heavy atom. The number of guanidine groups is 1. The number of aromatic nitrogens is 1. The van der Waals surface area contributed by atoms with E-state index in [9.17, 15) is 13.2 Å². The third kappa shape index (κ3) is 6.62. The van der Waals surface area contributed by atoms with Crippen molar-refractivity contribution in [1.82, 2.24) is 15.6 Å². The van der Waals surface area contributed by atoms with E-state index in [1.54, 1.807) is 25.4 Å². The minimum atomic E-state index is -4.34. The van der Waals surface area contributed by atoms with Crippen molar-refractivity contribution in [3.05, 3.63) is 59.4 Å². The number of aryl methyl sites for hydroxylation is 1. The quantitative estimate of drug-likeness (QED) is 0.609. The van der Waals surface area contributed by atoms with Crippen molar-refractivity contribution in [3.63, 3.8) is 0 Å². The molecule has 2 N–H and O–H groups in total. The van der Waals surface area contributed by atoms with Crippen LogP contribution in [0.1, 0.15) is 16.8 Å². The van der Waals surface area contributed by atoms with Crippen LogP contribution in [0.5, 0.6) is 5.75 Å². The topological polar surface area (TPSA) is 58.5 Å². The molecule has 0 spiro atoms. The summed E-state index contributed by atoms with van der Waals surface area (Å²) < 4.78 is 41.1. The second-order valence-electron chi connectivity index (χ2n) is 5.59. The van der Waals surface area contributed by atoms with Crippen LogP contribution in [-0.2, 0) is 13.1 Å². The summed E-state index contributed by atoms with van der Waals surface area (Å²) in [6, 6.07) is 10.3. The third-order valence-corrected chi connectivity index (χ3v) is 3.55. The molecule has 0 fully saturated rings. The average molecular weight is 366 g/mol. The Kier molecular flexibility index (Phi) is 6.82. The standard InChI is InChI=1S/C18H21F3N4O/c1-13-4-3-9-23-16(13)11-25-17(22-2)24-10-14-5-7-15(8-6-14)26-12-18(19,20)21/h3-9H,10-12H2,1-2H3,(H2,22,24,25). The lowest BCUT2D eigenvalue weighted by Gasteiger charge is -2.13. The molecule has 0 aliphatic carbocycles. The van der Waals surface area contributed by atoms with Gasteiger partial charge in [0.1, 0.15) is 5.75 Å². The number of pyridine rings is 1. The van der Waals surface area contributed by atoms with Crippen molar-refractivity contribution in [2.75, 3.05) is 13.7 Å². The number of halogens is 3. The summed E-state index contributed by atoms with van der Waals surface area (Å²) in [5.74, 6) is 0.784. The van der Waals surface area contributed by atoms with Crippen LogP contribution in [0.2, 0.25) is 0 Å². The van der Waals surface area contributed by atoms with E-state index in [0.717, 1.165) is 16.8 Å². The molecule has 0 unspecified atom stereocenters. The van der Waals surface area contributed by atoms with Crippen LogP contribution >= 0.6 is 0 Å². The summed E-state index contributed by atoms with van der Waals surface area (Å²) in [6.07, 6.45) is -2.60. The van der Waals surface area contributed by atoms with E-state index in [-0.39, 0.29) is 5.75 Å². The minimum Gasteiger partial charge on any atom is -0.484 e. The molecule has 0 aliphatic heterocycles. The largest absolute Gasteiger partial charge is 0.484 e. The highest BCUT2D eigenvalue weighted by Gasteiger charge is 2.28. The molecule has 0 saturated carbocycles. The molecule has 0 saturated heterocycles. The highest BCUT2D eigenvalue weighted by atomic mass is 19.4. The Labute approximate surface area is 150 Å². The first kappa shape index (κ1) is 19.6. The van der Waals surface area contributed by atoms with Crippen molar-refractivity contribution < 1.29 is 17.9 Å². The molecule has 0 bridgehead atoms. The molecule has 1 aromatic carbocycles. The van der Waals surface area contributed by atoms with Crippen LogP contribution in [0.15, 0.2) is 47.6 Å². The first-order chi connectivity index (χ1) is 12.4. The van der Waals surface area contributed by atoms with E-state index in [2.05, 4.69) is 25.3 Å². The fourth-order valence-electron chi connectivity index (χ4n) is 2.15. The Morgan fingerprint density at radius 3 is 2.42 bits per heavy atom. The smallest absolute Gasteiger partial charge is 0.422 e. The van der Waals surface area contributed by atoms with E-state index in [1.807, 2.05) is 19.1 Å². The van der Waals surface area contributed by atoms with E-state index in [1.165, 1.54) is 12.1 Å². The first-order valence-electron chi connectivity index (χ1n) is 8.01. The van der Waals surface area contributed by atoms with Crippen LogP contribution in [0, 0.1) is 6.92 Å². The molecular weight excluding hydrogens is 345 g/mol. The Bertz CT molecular complexity index is 730. The number of aliphatic imine (C=N–C) groups is 1. The fraction of sp³-hybridized carbons (Fsp3) is 0.333. The van der Waals surface area contributed by atoms with Gasteiger partial charge in [-0.2, -0.15) is 13.2 Å².